The number of aromatic nitrogens is 1. The van der Waals surface area contributed by atoms with E-state index in [9.17, 15) is 13.2 Å². The highest BCUT2D eigenvalue weighted by Gasteiger charge is 2.28. The predicted octanol–water partition coefficient (Wildman–Crippen LogP) is 2.50. The minimum Gasteiger partial charge on any atom is -0.468 e. The number of methoxy groups -OCH3 is 1. The zero-order valence-electron chi connectivity index (χ0n) is 14.9. The summed E-state index contributed by atoms with van der Waals surface area (Å²) >= 11 is 0. The van der Waals surface area contributed by atoms with Crippen LogP contribution in [0.5, 0.6) is 5.88 Å². The van der Waals surface area contributed by atoms with Crippen LogP contribution in [-0.2, 0) is 11.3 Å². The number of aliphatic imine (C=N–C) groups is 1. The second-order valence-electron chi connectivity index (χ2n) is 5.92. The highest BCUT2D eigenvalue weighted by Crippen LogP contribution is 2.17. The molecular weight excluding hydrogens is 337 g/mol. The number of pyridine rings is 1. The van der Waals surface area contributed by atoms with Gasteiger partial charge in [0.15, 0.2) is 12.6 Å². The van der Waals surface area contributed by atoms with Gasteiger partial charge < -0.3 is 20.1 Å². The van der Waals surface area contributed by atoms with E-state index in [4.69, 9.17) is 4.74 Å². The van der Waals surface area contributed by atoms with Crippen molar-refractivity contribution >= 4 is 5.96 Å². The predicted molar refractivity (Wildman–Crippen MR) is 89.7 cm³/mol. The molecule has 0 radical (unpaired) electrons. The number of halogens is 3. The Morgan fingerprint density at radius 2 is 1.96 bits per heavy atom. The molecule has 2 N–H and O–H groups in total. The van der Waals surface area contributed by atoms with Crippen molar-refractivity contribution < 1.29 is 22.6 Å². The molecule has 1 aromatic heterocycles. The first-order chi connectivity index (χ1) is 11.6. The molecule has 0 aliphatic heterocycles. The molecule has 0 atom stereocenters. The Hall–Kier alpha value is -2.03. The van der Waals surface area contributed by atoms with Gasteiger partial charge in [0.25, 0.3) is 0 Å². The Morgan fingerprint density at radius 3 is 2.48 bits per heavy atom. The van der Waals surface area contributed by atoms with Gasteiger partial charge in [-0.2, -0.15) is 13.2 Å². The van der Waals surface area contributed by atoms with Gasteiger partial charge in [-0.1, -0.05) is 6.07 Å². The molecule has 0 fully saturated rings. The first kappa shape index (κ1) is 21.0. The van der Waals surface area contributed by atoms with Crippen LogP contribution in [0.15, 0.2) is 23.3 Å². The average molecular weight is 362 g/mol. The second-order valence-corrected chi connectivity index (χ2v) is 5.92. The van der Waals surface area contributed by atoms with Gasteiger partial charge in [-0.15, -0.1) is 0 Å². The summed E-state index contributed by atoms with van der Waals surface area (Å²) < 4.78 is 46.2. The normalized spacial score (nSPS) is 12.8. The van der Waals surface area contributed by atoms with E-state index in [1.54, 1.807) is 13.2 Å². The van der Waals surface area contributed by atoms with E-state index in [-0.39, 0.29) is 11.5 Å². The molecule has 0 spiro atoms. The van der Waals surface area contributed by atoms with Crippen LogP contribution < -0.4 is 15.4 Å². The van der Waals surface area contributed by atoms with Crippen LogP contribution in [0.25, 0.3) is 0 Å². The standard InChI is InChI=1S/C16H25F3N4O2/c1-5-20-14(23-10-15(2,3)24-4)22-9-12-6-7-13(21-8-12)25-11-16(17,18)19/h6-8H,5,9-11H2,1-4H3,(H2,20,22,23). The van der Waals surface area contributed by atoms with E-state index in [1.165, 1.54) is 12.3 Å². The Morgan fingerprint density at radius 1 is 1.24 bits per heavy atom. The number of hydrogen-bond donors (Lipinski definition) is 2. The van der Waals surface area contributed by atoms with Gasteiger partial charge in [-0.3, -0.25) is 0 Å². The minimum absolute atomic E-state index is 0.0723. The van der Waals surface area contributed by atoms with Crippen LogP contribution in [0.3, 0.4) is 0 Å². The Balaban J connectivity index is 2.60. The van der Waals surface area contributed by atoms with Gasteiger partial charge >= 0.3 is 6.18 Å². The quantitative estimate of drug-likeness (QED) is 0.549. The van der Waals surface area contributed by atoms with E-state index in [0.29, 0.717) is 25.6 Å². The van der Waals surface area contributed by atoms with E-state index in [0.717, 1.165) is 5.56 Å². The number of rotatable bonds is 8. The molecule has 25 heavy (non-hydrogen) atoms. The Bertz CT molecular complexity index is 545. The van der Waals surface area contributed by atoms with E-state index in [2.05, 4.69) is 25.3 Å². The molecule has 0 aliphatic carbocycles. The van der Waals surface area contributed by atoms with Crippen molar-refractivity contribution in [1.82, 2.24) is 15.6 Å². The first-order valence-corrected chi connectivity index (χ1v) is 7.87. The van der Waals surface area contributed by atoms with Gasteiger partial charge in [0.2, 0.25) is 5.88 Å². The summed E-state index contributed by atoms with van der Waals surface area (Å²) in [5, 5.41) is 6.29. The topological polar surface area (TPSA) is 67.8 Å². The summed E-state index contributed by atoms with van der Waals surface area (Å²) in [6.45, 7) is 6.09. The highest BCUT2D eigenvalue weighted by atomic mass is 19.4. The molecule has 0 unspecified atom stereocenters. The maximum Gasteiger partial charge on any atom is 0.422 e. The minimum atomic E-state index is -4.38. The summed E-state index contributed by atoms with van der Waals surface area (Å²) in [5.41, 5.74) is 0.414. The van der Waals surface area contributed by atoms with Gasteiger partial charge in [0.05, 0.1) is 12.1 Å². The fraction of sp³-hybridized carbons (Fsp3) is 0.625. The summed E-state index contributed by atoms with van der Waals surface area (Å²) in [4.78, 5) is 8.27. The highest BCUT2D eigenvalue weighted by molar-refractivity contribution is 5.79. The molecule has 142 valence electrons. The molecule has 1 aromatic rings. The number of guanidine groups is 1. The second kappa shape index (κ2) is 9.45. The van der Waals surface area contributed by atoms with Gasteiger partial charge in [-0.05, 0) is 26.3 Å². The van der Waals surface area contributed by atoms with Crippen molar-refractivity contribution in [3.63, 3.8) is 0 Å². The van der Waals surface area contributed by atoms with Crippen LogP contribution in [0.1, 0.15) is 26.3 Å². The number of ether oxygens (including phenoxy) is 2. The molecule has 6 nitrogen and oxygen atoms in total. The molecule has 0 saturated heterocycles. The maximum atomic E-state index is 12.1. The smallest absolute Gasteiger partial charge is 0.422 e. The molecule has 0 aliphatic rings. The summed E-state index contributed by atoms with van der Waals surface area (Å²) in [6.07, 6.45) is -2.94. The lowest BCUT2D eigenvalue weighted by Gasteiger charge is -2.24. The zero-order valence-corrected chi connectivity index (χ0v) is 14.9. The van der Waals surface area contributed by atoms with Gasteiger partial charge in [0, 0.05) is 32.5 Å². The van der Waals surface area contributed by atoms with Crippen molar-refractivity contribution in [2.24, 2.45) is 4.99 Å². The lowest BCUT2D eigenvalue weighted by Crippen LogP contribution is -2.45. The lowest BCUT2D eigenvalue weighted by molar-refractivity contribution is -0.154. The molecule has 1 heterocycles. The molecule has 1 rings (SSSR count). The van der Waals surface area contributed by atoms with Crippen molar-refractivity contribution in [1.29, 1.82) is 0 Å². The SMILES string of the molecule is CCNC(=NCc1ccc(OCC(F)(F)F)nc1)NCC(C)(C)OC. The fourth-order valence-corrected chi connectivity index (χ4v) is 1.63. The van der Waals surface area contributed by atoms with E-state index in [1.807, 2.05) is 20.8 Å². The molecule has 0 amide bonds. The molecule has 0 saturated carbocycles. The van der Waals surface area contributed by atoms with Crippen LogP contribution in [0, 0.1) is 0 Å². The third-order valence-corrected chi connectivity index (χ3v) is 3.18. The van der Waals surface area contributed by atoms with E-state index >= 15 is 0 Å². The monoisotopic (exact) mass is 362 g/mol. The Labute approximate surface area is 145 Å². The van der Waals surface area contributed by atoms with E-state index < -0.39 is 12.8 Å². The third kappa shape index (κ3) is 9.13. The third-order valence-electron chi connectivity index (χ3n) is 3.18. The van der Waals surface area contributed by atoms with Crippen LogP contribution in [-0.4, -0.2) is 49.5 Å². The maximum absolute atomic E-state index is 12.1. The van der Waals surface area contributed by atoms with Gasteiger partial charge in [0.1, 0.15) is 0 Å². The van der Waals surface area contributed by atoms with Crippen molar-refractivity contribution in [2.45, 2.75) is 39.1 Å². The zero-order chi connectivity index (χ0) is 18.9. The van der Waals surface area contributed by atoms with Gasteiger partial charge in [-0.25, -0.2) is 9.98 Å². The molecule has 0 bridgehead atoms. The first-order valence-electron chi connectivity index (χ1n) is 7.87. The number of nitrogens with one attached hydrogen (secondary N) is 2. The van der Waals surface area contributed by atoms with Crippen molar-refractivity contribution in [2.75, 3.05) is 26.8 Å². The summed E-state index contributed by atoms with van der Waals surface area (Å²) in [5.74, 6) is 0.543. The lowest BCUT2D eigenvalue weighted by atomic mass is 10.1. The number of nitrogens with zero attached hydrogens (tertiary/aromatic N) is 2. The van der Waals surface area contributed by atoms with Crippen LogP contribution in [0.2, 0.25) is 0 Å². The molecule has 9 heteroatoms. The average Bonchev–Trinajstić information content (AvgIpc) is 2.56. The molecule has 0 aromatic carbocycles. The largest absolute Gasteiger partial charge is 0.468 e. The Kier molecular flexibility index (Phi) is 7.95. The molecular formula is C16H25F3N4O2. The van der Waals surface area contributed by atoms with Crippen LogP contribution >= 0.6 is 0 Å². The van der Waals surface area contributed by atoms with Crippen molar-refractivity contribution in [3.05, 3.63) is 23.9 Å². The summed E-state index contributed by atoms with van der Waals surface area (Å²) in [7, 11) is 1.64. The summed E-state index contributed by atoms with van der Waals surface area (Å²) in [6, 6.07) is 3.02. The number of alkyl halides is 3. The number of hydrogen-bond acceptors (Lipinski definition) is 4. The fourth-order valence-electron chi connectivity index (χ4n) is 1.63. The van der Waals surface area contributed by atoms with Crippen molar-refractivity contribution in [3.8, 4) is 5.88 Å². The van der Waals surface area contributed by atoms with Crippen LogP contribution in [0.4, 0.5) is 13.2 Å².